The monoisotopic (exact) mass is 229 g/mol. The minimum Gasteiger partial charge on any atom is -0.497 e. The summed E-state index contributed by atoms with van der Waals surface area (Å²) in [5.41, 5.74) is 0.775. The number of ether oxygens (including phenoxy) is 1. The molecule has 64 valence electrons. The van der Waals surface area contributed by atoms with Crippen LogP contribution in [0.1, 0.15) is 5.56 Å². The molecule has 1 aromatic rings. The Labute approximate surface area is 78.8 Å². The molecule has 0 saturated heterocycles. The Morgan fingerprint density at radius 1 is 1.58 bits per heavy atom. The van der Waals surface area contributed by atoms with Crippen LogP contribution in [0.5, 0.6) is 5.75 Å². The molecule has 0 radical (unpaired) electrons. The van der Waals surface area contributed by atoms with E-state index in [1.165, 1.54) is 6.21 Å². The molecule has 0 saturated carbocycles. The number of hydrogen-bond donors (Lipinski definition) is 1. The highest BCUT2D eigenvalue weighted by atomic mass is 79.9. The molecule has 0 aliphatic carbocycles. The van der Waals surface area contributed by atoms with Crippen molar-refractivity contribution in [2.75, 3.05) is 7.11 Å². The van der Waals surface area contributed by atoms with E-state index in [0.717, 1.165) is 15.8 Å². The maximum Gasteiger partial charge on any atom is 0.119 e. The van der Waals surface area contributed by atoms with Crippen LogP contribution in [0.2, 0.25) is 0 Å². The van der Waals surface area contributed by atoms with Crippen LogP contribution in [0.15, 0.2) is 27.8 Å². The van der Waals surface area contributed by atoms with Gasteiger partial charge in [0.05, 0.1) is 13.3 Å². The van der Waals surface area contributed by atoms with Crippen molar-refractivity contribution in [2.24, 2.45) is 5.16 Å². The molecule has 12 heavy (non-hydrogen) atoms. The first-order valence-corrected chi connectivity index (χ1v) is 4.08. The Kier molecular flexibility index (Phi) is 3.10. The van der Waals surface area contributed by atoms with Crippen LogP contribution in [0.4, 0.5) is 0 Å². The topological polar surface area (TPSA) is 41.8 Å². The van der Waals surface area contributed by atoms with E-state index >= 15 is 0 Å². The van der Waals surface area contributed by atoms with E-state index in [2.05, 4.69) is 21.1 Å². The van der Waals surface area contributed by atoms with E-state index in [1.807, 2.05) is 12.1 Å². The molecule has 0 atom stereocenters. The highest BCUT2D eigenvalue weighted by molar-refractivity contribution is 9.10. The fourth-order valence-corrected chi connectivity index (χ4v) is 1.16. The lowest BCUT2D eigenvalue weighted by molar-refractivity contribution is 0.322. The van der Waals surface area contributed by atoms with Gasteiger partial charge in [0.15, 0.2) is 0 Å². The third kappa shape index (κ3) is 1.98. The molecule has 1 rings (SSSR count). The summed E-state index contributed by atoms with van der Waals surface area (Å²) in [6.45, 7) is 0. The van der Waals surface area contributed by atoms with Gasteiger partial charge < -0.3 is 9.94 Å². The van der Waals surface area contributed by atoms with E-state index in [0.29, 0.717) is 0 Å². The lowest BCUT2D eigenvalue weighted by Crippen LogP contribution is -1.87. The first-order valence-electron chi connectivity index (χ1n) is 3.29. The summed E-state index contributed by atoms with van der Waals surface area (Å²) in [6.07, 6.45) is 1.34. The molecule has 0 spiro atoms. The van der Waals surface area contributed by atoms with Gasteiger partial charge in [-0.05, 0) is 18.2 Å². The van der Waals surface area contributed by atoms with E-state index < -0.39 is 0 Å². The van der Waals surface area contributed by atoms with Gasteiger partial charge in [0.1, 0.15) is 5.75 Å². The molecular formula is C8H8BrNO2. The van der Waals surface area contributed by atoms with Gasteiger partial charge in [-0.3, -0.25) is 0 Å². The minimum absolute atomic E-state index is 0.730. The molecule has 1 N–H and O–H groups in total. The van der Waals surface area contributed by atoms with Crippen LogP contribution < -0.4 is 4.74 Å². The third-order valence-corrected chi connectivity index (χ3v) is 2.12. The zero-order chi connectivity index (χ0) is 8.97. The summed E-state index contributed by atoms with van der Waals surface area (Å²) < 4.78 is 5.85. The number of methoxy groups -OCH3 is 1. The van der Waals surface area contributed by atoms with Crippen molar-refractivity contribution in [3.05, 3.63) is 28.2 Å². The van der Waals surface area contributed by atoms with E-state index in [9.17, 15) is 0 Å². The van der Waals surface area contributed by atoms with Gasteiger partial charge in [0, 0.05) is 10.0 Å². The Bertz CT molecular complexity index is 299. The SMILES string of the molecule is COc1ccc(Br)c(C=NO)c1. The predicted molar refractivity (Wildman–Crippen MR) is 50.1 cm³/mol. The highest BCUT2D eigenvalue weighted by Crippen LogP contribution is 2.20. The van der Waals surface area contributed by atoms with E-state index in [1.54, 1.807) is 13.2 Å². The second-order valence-electron chi connectivity index (χ2n) is 2.13. The molecule has 0 aliphatic rings. The van der Waals surface area contributed by atoms with Crippen LogP contribution in [0, 0.1) is 0 Å². The van der Waals surface area contributed by atoms with Crippen LogP contribution >= 0.6 is 15.9 Å². The standard InChI is InChI=1S/C8H8BrNO2/c1-12-7-2-3-8(9)6(4-7)5-10-11/h2-5,11H,1H3. The van der Waals surface area contributed by atoms with Crippen molar-refractivity contribution < 1.29 is 9.94 Å². The molecule has 3 nitrogen and oxygen atoms in total. The fraction of sp³-hybridized carbons (Fsp3) is 0.125. The maximum absolute atomic E-state index is 8.32. The quantitative estimate of drug-likeness (QED) is 0.481. The zero-order valence-corrected chi connectivity index (χ0v) is 8.08. The molecule has 1 aromatic carbocycles. The van der Waals surface area contributed by atoms with Crippen LogP contribution in [0.3, 0.4) is 0 Å². The van der Waals surface area contributed by atoms with Crippen molar-refractivity contribution in [1.82, 2.24) is 0 Å². The Morgan fingerprint density at radius 2 is 2.33 bits per heavy atom. The maximum atomic E-state index is 8.32. The summed E-state index contributed by atoms with van der Waals surface area (Å²) in [5, 5.41) is 11.2. The molecule has 0 unspecified atom stereocenters. The molecule has 0 aliphatic heterocycles. The number of rotatable bonds is 2. The van der Waals surface area contributed by atoms with Gasteiger partial charge in [0.25, 0.3) is 0 Å². The molecule has 0 bridgehead atoms. The van der Waals surface area contributed by atoms with E-state index in [4.69, 9.17) is 9.94 Å². The first kappa shape index (κ1) is 9.06. The molecule has 0 fully saturated rings. The Balaban J connectivity index is 3.08. The van der Waals surface area contributed by atoms with Gasteiger partial charge in [-0.1, -0.05) is 21.1 Å². The van der Waals surface area contributed by atoms with Crippen molar-refractivity contribution in [3.63, 3.8) is 0 Å². The van der Waals surface area contributed by atoms with Gasteiger partial charge in [0.2, 0.25) is 0 Å². The zero-order valence-electron chi connectivity index (χ0n) is 6.49. The first-order chi connectivity index (χ1) is 5.77. The van der Waals surface area contributed by atoms with Gasteiger partial charge in [-0.15, -0.1) is 0 Å². The van der Waals surface area contributed by atoms with Crippen molar-refractivity contribution in [1.29, 1.82) is 0 Å². The average molecular weight is 230 g/mol. The van der Waals surface area contributed by atoms with Crippen molar-refractivity contribution in [2.45, 2.75) is 0 Å². The van der Waals surface area contributed by atoms with E-state index in [-0.39, 0.29) is 0 Å². The summed E-state index contributed by atoms with van der Waals surface area (Å²) in [4.78, 5) is 0. The Morgan fingerprint density at radius 3 is 2.92 bits per heavy atom. The van der Waals surface area contributed by atoms with Gasteiger partial charge in [-0.2, -0.15) is 0 Å². The average Bonchev–Trinajstić information content (AvgIpc) is 2.09. The molecule has 4 heteroatoms. The lowest BCUT2D eigenvalue weighted by Gasteiger charge is -2.01. The molecular weight excluding hydrogens is 222 g/mol. The number of benzene rings is 1. The highest BCUT2D eigenvalue weighted by Gasteiger charge is 1.98. The third-order valence-electron chi connectivity index (χ3n) is 1.40. The van der Waals surface area contributed by atoms with Crippen molar-refractivity contribution in [3.8, 4) is 5.75 Å². The number of nitrogens with zero attached hydrogens (tertiary/aromatic N) is 1. The lowest BCUT2D eigenvalue weighted by atomic mass is 10.2. The van der Waals surface area contributed by atoms with Crippen molar-refractivity contribution >= 4 is 22.1 Å². The normalized spacial score (nSPS) is 10.5. The fourth-order valence-electron chi connectivity index (χ4n) is 0.810. The van der Waals surface area contributed by atoms with Crippen LogP contribution in [-0.4, -0.2) is 18.5 Å². The van der Waals surface area contributed by atoms with Gasteiger partial charge >= 0.3 is 0 Å². The molecule has 0 heterocycles. The number of hydrogen-bond acceptors (Lipinski definition) is 3. The molecule has 0 amide bonds. The van der Waals surface area contributed by atoms with Crippen LogP contribution in [-0.2, 0) is 0 Å². The number of oxime groups is 1. The predicted octanol–water partition coefficient (Wildman–Crippen LogP) is 2.27. The molecule has 0 aromatic heterocycles. The van der Waals surface area contributed by atoms with Crippen LogP contribution in [0.25, 0.3) is 0 Å². The Hall–Kier alpha value is -1.03. The summed E-state index contributed by atoms with van der Waals surface area (Å²) in [7, 11) is 1.59. The second kappa shape index (κ2) is 4.11. The summed E-state index contributed by atoms with van der Waals surface area (Å²) in [6, 6.07) is 5.42. The van der Waals surface area contributed by atoms with Gasteiger partial charge in [-0.25, -0.2) is 0 Å². The largest absolute Gasteiger partial charge is 0.497 e. The second-order valence-corrected chi connectivity index (χ2v) is 2.99. The summed E-state index contributed by atoms with van der Waals surface area (Å²) in [5.74, 6) is 0.730. The number of halogens is 1. The summed E-state index contributed by atoms with van der Waals surface area (Å²) >= 11 is 3.30. The smallest absolute Gasteiger partial charge is 0.119 e. The minimum atomic E-state index is 0.730.